The number of carbonyl (C=O) groups excluding carboxylic acids is 1. The largest absolute Gasteiger partial charge is 0.377 e. The van der Waals surface area contributed by atoms with E-state index in [4.69, 9.17) is 11.6 Å². The molecule has 7 nitrogen and oxygen atoms in total. The zero-order chi connectivity index (χ0) is 19.7. The van der Waals surface area contributed by atoms with Gasteiger partial charge in [-0.2, -0.15) is 0 Å². The van der Waals surface area contributed by atoms with Gasteiger partial charge in [-0.25, -0.2) is 0 Å². The number of hydrogen-bond donors (Lipinski definition) is 1. The van der Waals surface area contributed by atoms with Gasteiger partial charge < -0.3 is 15.1 Å². The predicted octanol–water partition coefficient (Wildman–Crippen LogP) is 3.78. The molecule has 28 heavy (non-hydrogen) atoms. The van der Waals surface area contributed by atoms with Crippen LogP contribution < -0.4 is 10.2 Å². The van der Waals surface area contributed by atoms with Crippen LogP contribution in [0.25, 0.3) is 0 Å². The molecule has 2 aromatic carbocycles. The first-order valence-electron chi connectivity index (χ1n) is 9.36. The Morgan fingerprint density at radius 3 is 2.36 bits per heavy atom. The van der Waals surface area contributed by atoms with E-state index in [2.05, 4.69) is 10.2 Å². The highest BCUT2D eigenvalue weighted by Gasteiger charge is 2.27. The van der Waals surface area contributed by atoms with Crippen molar-refractivity contribution in [3.8, 4) is 0 Å². The highest BCUT2D eigenvalue weighted by molar-refractivity contribution is 6.30. The van der Waals surface area contributed by atoms with Crippen LogP contribution in [0.4, 0.5) is 17.1 Å². The van der Waals surface area contributed by atoms with Gasteiger partial charge in [0.2, 0.25) is 0 Å². The third-order valence-corrected chi connectivity index (χ3v) is 5.39. The Labute approximate surface area is 168 Å². The summed E-state index contributed by atoms with van der Waals surface area (Å²) in [6.45, 7) is 2.54. The number of nitrogens with zero attached hydrogens (tertiary/aromatic N) is 3. The second kappa shape index (κ2) is 7.67. The summed E-state index contributed by atoms with van der Waals surface area (Å²) in [5.74, 6) is -0.170. The molecule has 0 bridgehead atoms. The number of hydrogen-bond acceptors (Lipinski definition) is 5. The molecule has 0 aromatic heterocycles. The summed E-state index contributed by atoms with van der Waals surface area (Å²) >= 11 is 5.94. The lowest BCUT2D eigenvalue weighted by Gasteiger charge is -2.36. The van der Waals surface area contributed by atoms with E-state index in [0.717, 1.165) is 18.5 Å². The summed E-state index contributed by atoms with van der Waals surface area (Å²) in [4.78, 5) is 27.8. The Hall–Kier alpha value is -2.80. The molecular formula is C20H21ClN4O3. The molecule has 0 spiro atoms. The van der Waals surface area contributed by atoms with Gasteiger partial charge in [0.15, 0.2) is 0 Å². The topological polar surface area (TPSA) is 78.7 Å². The van der Waals surface area contributed by atoms with Crippen molar-refractivity contribution in [1.82, 2.24) is 4.90 Å². The van der Waals surface area contributed by atoms with E-state index in [-0.39, 0.29) is 11.6 Å². The number of carbonyl (C=O) groups is 1. The van der Waals surface area contributed by atoms with Crippen LogP contribution >= 0.6 is 11.6 Å². The van der Waals surface area contributed by atoms with E-state index in [1.807, 2.05) is 24.3 Å². The fourth-order valence-electron chi connectivity index (χ4n) is 3.39. The lowest BCUT2D eigenvalue weighted by molar-refractivity contribution is -0.384. The number of rotatable bonds is 5. The van der Waals surface area contributed by atoms with Crippen LogP contribution in [0.15, 0.2) is 42.5 Å². The van der Waals surface area contributed by atoms with Crippen LogP contribution in [0.2, 0.25) is 5.02 Å². The lowest BCUT2D eigenvalue weighted by Crippen LogP contribution is -2.48. The van der Waals surface area contributed by atoms with Crippen LogP contribution in [0.3, 0.4) is 0 Å². The quantitative estimate of drug-likeness (QED) is 0.610. The van der Waals surface area contributed by atoms with Crippen molar-refractivity contribution >= 4 is 34.6 Å². The minimum Gasteiger partial charge on any atom is -0.377 e. The number of nitrogens with one attached hydrogen (secondary N) is 1. The Morgan fingerprint density at radius 1 is 1.07 bits per heavy atom. The highest BCUT2D eigenvalue weighted by Crippen LogP contribution is 2.32. The summed E-state index contributed by atoms with van der Waals surface area (Å²) in [7, 11) is 0. The number of nitro groups is 1. The Bertz CT molecular complexity index is 891. The number of amides is 1. The molecule has 1 amide bonds. The standard InChI is InChI=1S/C20H21ClN4O3/c21-15-2-6-17(7-3-15)23-9-11-24(12-10-23)20(26)14-1-8-18(22-16-4-5-16)19(13-14)25(27)28/h1-3,6-8,13,16,22H,4-5,9-12H2. The van der Waals surface area contributed by atoms with Crippen molar-refractivity contribution < 1.29 is 9.72 Å². The van der Waals surface area contributed by atoms with Crippen molar-refractivity contribution in [3.05, 3.63) is 63.2 Å². The first-order valence-corrected chi connectivity index (χ1v) is 9.74. The SMILES string of the molecule is O=C(c1ccc(NC2CC2)c([N+](=O)[O-])c1)N1CCN(c2ccc(Cl)cc2)CC1. The van der Waals surface area contributed by atoms with E-state index in [0.29, 0.717) is 48.5 Å². The molecule has 1 N–H and O–H groups in total. The molecule has 1 saturated heterocycles. The summed E-state index contributed by atoms with van der Waals surface area (Å²) in [5, 5.41) is 15.3. The van der Waals surface area contributed by atoms with Crippen molar-refractivity contribution in [3.63, 3.8) is 0 Å². The summed E-state index contributed by atoms with van der Waals surface area (Å²) in [6.07, 6.45) is 2.05. The normalized spacial score (nSPS) is 16.8. The van der Waals surface area contributed by atoms with Gasteiger partial charge in [-0.15, -0.1) is 0 Å². The van der Waals surface area contributed by atoms with Gasteiger partial charge in [0.25, 0.3) is 11.6 Å². The minimum absolute atomic E-state index is 0.0439. The first-order chi connectivity index (χ1) is 13.5. The van der Waals surface area contributed by atoms with Gasteiger partial charge in [-0.3, -0.25) is 14.9 Å². The first kappa shape index (κ1) is 18.6. The Balaban J connectivity index is 1.44. The molecule has 0 unspecified atom stereocenters. The zero-order valence-corrected chi connectivity index (χ0v) is 16.1. The van der Waals surface area contributed by atoms with Gasteiger partial charge in [-0.05, 0) is 49.2 Å². The van der Waals surface area contributed by atoms with Crippen molar-refractivity contribution in [1.29, 1.82) is 0 Å². The van der Waals surface area contributed by atoms with Gasteiger partial charge in [-0.1, -0.05) is 11.6 Å². The molecule has 2 aliphatic rings. The molecule has 2 fully saturated rings. The lowest BCUT2D eigenvalue weighted by atomic mass is 10.1. The monoisotopic (exact) mass is 400 g/mol. The van der Waals surface area contributed by atoms with Gasteiger partial charge in [0.1, 0.15) is 5.69 Å². The highest BCUT2D eigenvalue weighted by atomic mass is 35.5. The molecule has 8 heteroatoms. The van der Waals surface area contributed by atoms with Crippen LogP contribution in [-0.2, 0) is 0 Å². The minimum atomic E-state index is -0.431. The van der Waals surface area contributed by atoms with Crippen LogP contribution in [-0.4, -0.2) is 48.0 Å². The number of anilines is 2. The van der Waals surface area contributed by atoms with Gasteiger partial charge in [0.05, 0.1) is 4.92 Å². The fourth-order valence-corrected chi connectivity index (χ4v) is 3.51. The summed E-state index contributed by atoms with van der Waals surface area (Å²) in [5.41, 5.74) is 1.87. The number of piperazine rings is 1. The number of halogens is 1. The third-order valence-electron chi connectivity index (χ3n) is 5.14. The molecule has 2 aromatic rings. The Kier molecular flexibility index (Phi) is 5.09. The number of benzene rings is 2. The molecule has 1 saturated carbocycles. The summed E-state index contributed by atoms with van der Waals surface area (Å²) < 4.78 is 0. The van der Waals surface area contributed by atoms with Crippen LogP contribution in [0.5, 0.6) is 0 Å². The average molecular weight is 401 g/mol. The molecule has 1 heterocycles. The van der Waals surface area contributed by atoms with Crippen LogP contribution in [0.1, 0.15) is 23.2 Å². The second-order valence-corrected chi connectivity index (χ2v) is 7.60. The molecule has 4 rings (SSSR count). The maximum atomic E-state index is 12.9. The van der Waals surface area contributed by atoms with Crippen molar-refractivity contribution in [2.45, 2.75) is 18.9 Å². The summed E-state index contributed by atoms with van der Waals surface area (Å²) in [6, 6.07) is 12.7. The maximum absolute atomic E-state index is 12.9. The number of nitro benzene ring substituents is 1. The zero-order valence-electron chi connectivity index (χ0n) is 15.3. The van der Waals surface area contributed by atoms with E-state index < -0.39 is 4.92 Å². The van der Waals surface area contributed by atoms with E-state index in [1.54, 1.807) is 17.0 Å². The van der Waals surface area contributed by atoms with Gasteiger partial charge >= 0.3 is 0 Å². The van der Waals surface area contributed by atoms with Crippen LogP contribution in [0, 0.1) is 10.1 Å². The van der Waals surface area contributed by atoms with Crippen molar-refractivity contribution in [2.75, 3.05) is 36.4 Å². The molecule has 0 atom stereocenters. The predicted molar refractivity (Wildman–Crippen MR) is 109 cm³/mol. The van der Waals surface area contributed by atoms with Crippen molar-refractivity contribution in [2.24, 2.45) is 0 Å². The molecule has 1 aliphatic carbocycles. The fraction of sp³-hybridized carbons (Fsp3) is 0.350. The van der Waals surface area contributed by atoms with E-state index in [1.165, 1.54) is 6.07 Å². The molecule has 1 aliphatic heterocycles. The second-order valence-electron chi connectivity index (χ2n) is 7.16. The Morgan fingerprint density at radius 2 is 1.75 bits per heavy atom. The molecule has 0 radical (unpaired) electrons. The molecule has 146 valence electrons. The van der Waals surface area contributed by atoms with E-state index in [9.17, 15) is 14.9 Å². The average Bonchev–Trinajstić information content (AvgIpc) is 3.52. The van der Waals surface area contributed by atoms with Gasteiger partial charge in [0, 0.05) is 54.6 Å². The smallest absolute Gasteiger partial charge is 0.293 e. The van der Waals surface area contributed by atoms with E-state index >= 15 is 0 Å². The maximum Gasteiger partial charge on any atom is 0.293 e. The molecular weight excluding hydrogens is 380 g/mol. The third kappa shape index (κ3) is 4.04.